The summed E-state index contributed by atoms with van der Waals surface area (Å²) in [6.45, 7) is 0.0647. The molecule has 0 aliphatic heterocycles. The normalized spacial score (nSPS) is 9.41. The van der Waals surface area contributed by atoms with Crippen LogP contribution < -0.4 is 15.4 Å². The molecule has 0 atom stereocenters. The van der Waals surface area contributed by atoms with Crippen LogP contribution in [0, 0.1) is 11.6 Å². The van der Waals surface area contributed by atoms with Crippen LogP contribution >= 0.6 is 12.4 Å². The van der Waals surface area contributed by atoms with E-state index in [-0.39, 0.29) is 30.5 Å². The lowest BCUT2D eigenvalue weighted by molar-refractivity contribution is -0.115. The molecular formula is C10H13ClF2N2O2. The quantitative estimate of drug-likeness (QED) is 0.869. The maximum atomic E-state index is 13.2. The molecule has 0 saturated carbocycles. The molecule has 1 rings (SSSR count). The molecule has 0 heterocycles. The van der Waals surface area contributed by atoms with Crippen molar-refractivity contribution in [1.82, 2.24) is 5.32 Å². The lowest BCUT2D eigenvalue weighted by Crippen LogP contribution is -2.25. The van der Waals surface area contributed by atoms with Crippen LogP contribution in [-0.4, -0.2) is 26.6 Å². The number of benzene rings is 1. The molecule has 0 aromatic heterocycles. The smallest absolute Gasteiger partial charge is 0.238 e. The third kappa shape index (κ3) is 4.16. The van der Waals surface area contributed by atoms with Crippen LogP contribution in [0.1, 0.15) is 0 Å². The first-order chi connectivity index (χ1) is 7.58. The van der Waals surface area contributed by atoms with Crippen LogP contribution in [0.4, 0.5) is 14.5 Å². The van der Waals surface area contributed by atoms with Gasteiger partial charge in [0.05, 0.1) is 13.7 Å². The van der Waals surface area contributed by atoms with Gasteiger partial charge in [-0.25, -0.2) is 8.78 Å². The van der Waals surface area contributed by atoms with Gasteiger partial charge in [-0.15, -0.1) is 12.4 Å². The van der Waals surface area contributed by atoms with Crippen molar-refractivity contribution in [3.05, 3.63) is 23.8 Å². The minimum absolute atomic E-state index is 0. The highest BCUT2D eigenvalue weighted by atomic mass is 35.5. The van der Waals surface area contributed by atoms with Gasteiger partial charge in [0.25, 0.3) is 0 Å². The van der Waals surface area contributed by atoms with Gasteiger partial charge in [-0.05, 0) is 7.05 Å². The Kier molecular flexibility index (Phi) is 6.45. The maximum absolute atomic E-state index is 13.2. The molecule has 0 aliphatic rings. The molecule has 0 aliphatic carbocycles. The van der Waals surface area contributed by atoms with E-state index >= 15 is 0 Å². The number of ether oxygens (including phenoxy) is 1. The number of halogens is 3. The summed E-state index contributed by atoms with van der Waals surface area (Å²) in [6.07, 6.45) is 0. The van der Waals surface area contributed by atoms with E-state index in [1.54, 1.807) is 7.05 Å². The number of hydrogen-bond donors (Lipinski definition) is 2. The Morgan fingerprint density at radius 2 is 1.88 bits per heavy atom. The Balaban J connectivity index is 0.00000256. The largest absolute Gasteiger partial charge is 0.491 e. The summed E-state index contributed by atoms with van der Waals surface area (Å²) in [5.74, 6) is -2.57. The molecule has 1 amide bonds. The van der Waals surface area contributed by atoms with Crippen molar-refractivity contribution in [3.8, 4) is 5.75 Å². The molecule has 4 nitrogen and oxygen atoms in total. The summed E-state index contributed by atoms with van der Waals surface area (Å²) in [5, 5.41) is 4.95. The molecular weight excluding hydrogens is 254 g/mol. The van der Waals surface area contributed by atoms with Crippen LogP contribution in [0.25, 0.3) is 0 Å². The molecule has 0 radical (unpaired) electrons. The van der Waals surface area contributed by atoms with Gasteiger partial charge in [0, 0.05) is 17.8 Å². The van der Waals surface area contributed by atoms with Gasteiger partial charge < -0.3 is 15.4 Å². The molecule has 17 heavy (non-hydrogen) atoms. The van der Waals surface area contributed by atoms with Gasteiger partial charge in [0.15, 0.2) is 17.4 Å². The number of anilines is 1. The number of amides is 1. The van der Waals surface area contributed by atoms with Crippen molar-refractivity contribution in [1.29, 1.82) is 0 Å². The summed E-state index contributed by atoms with van der Waals surface area (Å²) < 4.78 is 30.9. The van der Waals surface area contributed by atoms with Crippen molar-refractivity contribution >= 4 is 24.0 Å². The highest BCUT2D eigenvalue weighted by Crippen LogP contribution is 2.25. The zero-order valence-electron chi connectivity index (χ0n) is 9.34. The SMILES string of the molecule is CNCC(=O)Nc1cc(F)c(OC)c(F)c1.Cl. The molecule has 0 saturated heterocycles. The average Bonchev–Trinajstić information content (AvgIpc) is 2.17. The number of rotatable bonds is 4. The molecule has 7 heteroatoms. The van der Waals surface area contributed by atoms with Crippen molar-refractivity contribution in [2.75, 3.05) is 26.0 Å². The Hall–Kier alpha value is -1.40. The van der Waals surface area contributed by atoms with Crippen LogP contribution in [0.3, 0.4) is 0 Å². The van der Waals surface area contributed by atoms with Gasteiger partial charge in [0.2, 0.25) is 5.91 Å². The fourth-order valence-electron chi connectivity index (χ4n) is 1.19. The first kappa shape index (κ1) is 15.6. The van der Waals surface area contributed by atoms with Crippen molar-refractivity contribution in [3.63, 3.8) is 0 Å². The number of carbonyl (C=O) groups excluding carboxylic acids is 1. The molecule has 0 bridgehead atoms. The third-order valence-corrected chi connectivity index (χ3v) is 1.82. The minimum atomic E-state index is -0.859. The highest BCUT2D eigenvalue weighted by Gasteiger charge is 2.12. The van der Waals surface area contributed by atoms with Gasteiger partial charge in [-0.1, -0.05) is 0 Å². The first-order valence-electron chi connectivity index (χ1n) is 4.56. The molecule has 1 aromatic rings. The highest BCUT2D eigenvalue weighted by molar-refractivity contribution is 5.92. The number of methoxy groups -OCH3 is 1. The lowest BCUT2D eigenvalue weighted by atomic mass is 10.2. The van der Waals surface area contributed by atoms with Gasteiger partial charge in [-0.2, -0.15) is 0 Å². The van der Waals surface area contributed by atoms with E-state index in [0.29, 0.717) is 0 Å². The topological polar surface area (TPSA) is 50.4 Å². The second-order valence-corrected chi connectivity index (χ2v) is 3.05. The molecule has 1 aromatic carbocycles. The van der Waals surface area contributed by atoms with E-state index < -0.39 is 17.4 Å². The Bertz CT molecular complexity index is 379. The Labute approximate surface area is 104 Å². The number of carbonyl (C=O) groups is 1. The Morgan fingerprint density at radius 3 is 2.29 bits per heavy atom. The van der Waals surface area contributed by atoms with Crippen molar-refractivity contribution < 1.29 is 18.3 Å². The standard InChI is InChI=1S/C10H12F2N2O2.ClH/c1-13-5-9(15)14-6-3-7(11)10(16-2)8(12)4-6;/h3-4,13H,5H2,1-2H3,(H,14,15);1H. The average molecular weight is 267 g/mol. The first-order valence-corrected chi connectivity index (χ1v) is 4.56. The summed E-state index contributed by atoms with van der Waals surface area (Å²) >= 11 is 0. The second-order valence-electron chi connectivity index (χ2n) is 3.05. The number of hydrogen-bond acceptors (Lipinski definition) is 3. The summed E-state index contributed by atoms with van der Waals surface area (Å²) in [5.41, 5.74) is 0.0519. The maximum Gasteiger partial charge on any atom is 0.238 e. The van der Waals surface area contributed by atoms with Gasteiger partial charge in [0.1, 0.15) is 0 Å². The van der Waals surface area contributed by atoms with E-state index in [2.05, 4.69) is 15.4 Å². The van der Waals surface area contributed by atoms with E-state index in [4.69, 9.17) is 0 Å². The zero-order valence-corrected chi connectivity index (χ0v) is 10.2. The zero-order chi connectivity index (χ0) is 12.1. The van der Waals surface area contributed by atoms with Crippen LogP contribution in [0.15, 0.2) is 12.1 Å². The fraction of sp³-hybridized carbons (Fsp3) is 0.300. The summed E-state index contributed by atoms with van der Waals surface area (Å²) in [6, 6.07) is 1.99. The molecule has 2 N–H and O–H groups in total. The van der Waals surface area contributed by atoms with Crippen LogP contribution in [-0.2, 0) is 4.79 Å². The minimum Gasteiger partial charge on any atom is -0.491 e. The van der Waals surface area contributed by atoms with Crippen LogP contribution in [0.5, 0.6) is 5.75 Å². The van der Waals surface area contributed by atoms with E-state index in [0.717, 1.165) is 12.1 Å². The van der Waals surface area contributed by atoms with Gasteiger partial charge >= 0.3 is 0 Å². The second kappa shape index (κ2) is 7.03. The van der Waals surface area contributed by atoms with Gasteiger partial charge in [-0.3, -0.25) is 4.79 Å². The predicted molar refractivity (Wildman–Crippen MR) is 62.7 cm³/mol. The molecule has 96 valence electrons. The van der Waals surface area contributed by atoms with Crippen molar-refractivity contribution in [2.24, 2.45) is 0 Å². The van der Waals surface area contributed by atoms with E-state index in [1.165, 1.54) is 7.11 Å². The van der Waals surface area contributed by atoms with Crippen molar-refractivity contribution in [2.45, 2.75) is 0 Å². The summed E-state index contributed by atoms with van der Waals surface area (Å²) in [4.78, 5) is 11.1. The monoisotopic (exact) mass is 266 g/mol. The van der Waals surface area contributed by atoms with Crippen LogP contribution in [0.2, 0.25) is 0 Å². The summed E-state index contributed by atoms with van der Waals surface area (Å²) in [7, 11) is 2.76. The molecule has 0 spiro atoms. The van der Waals surface area contributed by atoms with E-state index in [9.17, 15) is 13.6 Å². The lowest BCUT2D eigenvalue weighted by Gasteiger charge is -2.08. The molecule has 0 unspecified atom stereocenters. The number of nitrogens with one attached hydrogen (secondary N) is 2. The molecule has 0 fully saturated rings. The van der Waals surface area contributed by atoms with E-state index in [1.807, 2.05) is 0 Å². The predicted octanol–water partition coefficient (Wildman–Crippen LogP) is 1.55. The third-order valence-electron chi connectivity index (χ3n) is 1.82. The number of likely N-dealkylation sites (N-methyl/N-ethyl adjacent to an activating group) is 1. The Morgan fingerprint density at radius 1 is 1.35 bits per heavy atom. The fourth-order valence-corrected chi connectivity index (χ4v) is 1.19.